The molecule has 1 aromatic rings. The average Bonchev–Trinajstić information content (AvgIpc) is 2.37. The van der Waals surface area contributed by atoms with Crippen molar-refractivity contribution in [3.8, 4) is 0 Å². The predicted octanol–water partition coefficient (Wildman–Crippen LogP) is 1.07. The number of fused-ring (bicyclic) bond motifs is 4. The van der Waals surface area contributed by atoms with Gasteiger partial charge in [-0.25, -0.2) is 0 Å². The highest BCUT2D eigenvalue weighted by atomic mass is 16.6. The lowest BCUT2D eigenvalue weighted by Gasteiger charge is -2.45. The Balaban J connectivity index is 2.25. The number of nitro groups is 2. The molecule has 0 radical (unpaired) electrons. The summed E-state index contributed by atoms with van der Waals surface area (Å²) < 4.78 is 0. The number of likely N-dealkylation sites (N-methyl/N-ethyl adjacent to an activating group) is 1. The third-order valence-electron chi connectivity index (χ3n) is 4.49. The zero-order chi connectivity index (χ0) is 14.5. The minimum absolute atomic E-state index is 0.0264. The summed E-state index contributed by atoms with van der Waals surface area (Å²) in [6.45, 7) is 0.469. The topological polar surface area (TPSA) is 89.5 Å². The Hall–Kier alpha value is -2.02. The smallest absolute Gasteiger partial charge is 0.266 e. The highest BCUT2D eigenvalue weighted by molar-refractivity contribution is 5.38. The molecule has 1 aliphatic carbocycles. The number of rotatable bonds is 2. The largest absolute Gasteiger partial charge is 0.292 e. The van der Waals surface area contributed by atoms with Gasteiger partial charge in [0.15, 0.2) is 0 Å². The van der Waals surface area contributed by atoms with Crippen molar-refractivity contribution in [2.24, 2.45) is 0 Å². The van der Waals surface area contributed by atoms with E-state index < -0.39 is 11.1 Å². The third-order valence-corrected chi connectivity index (χ3v) is 4.49. The second-order valence-corrected chi connectivity index (χ2v) is 5.95. The van der Waals surface area contributed by atoms with Crippen LogP contribution in [-0.4, -0.2) is 40.4 Å². The van der Waals surface area contributed by atoms with Gasteiger partial charge in [-0.3, -0.25) is 25.1 Å². The molecule has 2 bridgehead atoms. The second kappa shape index (κ2) is 3.99. The van der Waals surface area contributed by atoms with Crippen LogP contribution < -0.4 is 0 Å². The summed E-state index contributed by atoms with van der Waals surface area (Å²) in [5, 5.41) is 23.3. The first-order chi connectivity index (χ1) is 9.40. The fourth-order valence-corrected chi connectivity index (χ4v) is 3.85. The van der Waals surface area contributed by atoms with Gasteiger partial charge in [-0.05, 0) is 12.6 Å². The number of hydrogen-bond donors (Lipinski definition) is 0. The van der Waals surface area contributed by atoms with E-state index in [2.05, 4.69) is 0 Å². The van der Waals surface area contributed by atoms with Crippen LogP contribution in [0, 0.1) is 20.2 Å². The Kier molecular flexibility index (Phi) is 2.59. The van der Waals surface area contributed by atoms with Crippen molar-refractivity contribution in [2.75, 3.05) is 20.1 Å². The van der Waals surface area contributed by atoms with Gasteiger partial charge in [-0.1, -0.05) is 24.3 Å². The van der Waals surface area contributed by atoms with E-state index in [0.717, 1.165) is 5.56 Å². The first kappa shape index (κ1) is 13.0. The predicted molar refractivity (Wildman–Crippen MR) is 70.7 cm³/mol. The molecule has 2 atom stereocenters. The van der Waals surface area contributed by atoms with Crippen molar-refractivity contribution < 1.29 is 9.85 Å². The minimum Gasteiger partial charge on any atom is -0.292 e. The van der Waals surface area contributed by atoms with Crippen LogP contribution in [0.25, 0.3) is 0 Å². The number of benzene rings is 1. The van der Waals surface area contributed by atoms with Gasteiger partial charge in [-0.2, -0.15) is 0 Å². The van der Waals surface area contributed by atoms with Crippen LogP contribution in [-0.2, 0) is 12.0 Å². The molecule has 106 valence electrons. The number of piperidine rings is 1. The van der Waals surface area contributed by atoms with E-state index in [1.54, 1.807) is 36.2 Å². The van der Waals surface area contributed by atoms with Crippen molar-refractivity contribution >= 4 is 0 Å². The minimum atomic E-state index is -1.37. The summed E-state index contributed by atoms with van der Waals surface area (Å²) in [6, 6.07) is 7.06. The molecule has 3 rings (SSSR count). The third kappa shape index (κ3) is 1.56. The molecule has 20 heavy (non-hydrogen) atoms. The highest BCUT2D eigenvalue weighted by Gasteiger charge is 2.65. The Morgan fingerprint density at radius 1 is 1.15 bits per heavy atom. The molecule has 0 aromatic heterocycles. The lowest BCUT2D eigenvalue weighted by Crippen LogP contribution is -2.66. The number of likely N-dealkylation sites (tertiary alicyclic amines) is 1. The molecule has 0 saturated carbocycles. The molecular weight excluding hydrogens is 262 g/mol. The molecule has 1 aromatic carbocycles. The van der Waals surface area contributed by atoms with Crippen LogP contribution in [0.5, 0.6) is 0 Å². The molecule has 1 heterocycles. The Bertz CT molecular complexity index is 605. The number of hydrogen-bond acceptors (Lipinski definition) is 5. The molecule has 1 saturated heterocycles. The van der Waals surface area contributed by atoms with Gasteiger partial charge in [-0.15, -0.1) is 0 Å². The Labute approximate surface area is 115 Å². The maximum Gasteiger partial charge on any atom is 0.266 e. The van der Waals surface area contributed by atoms with Crippen LogP contribution in [0.3, 0.4) is 0 Å². The summed E-state index contributed by atoms with van der Waals surface area (Å²) >= 11 is 0. The summed E-state index contributed by atoms with van der Waals surface area (Å²) in [5.41, 5.74) is -1.25. The Morgan fingerprint density at radius 3 is 2.50 bits per heavy atom. The van der Waals surface area contributed by atoms with E-state index in [0.29, 0.717) is 5.56 Å². The lowest BCUT2D eigenvalue weighted by atomic mass is 9.65. The van der Waals surface area contributed by atoms with Gasteiger partial charge in [0, 0.05) is 21.8 Å². The summed E-state index contributed by atoms with van der Waals surface area (Å²) in [4.78, 5) is 24.3. The van der Waals surface area contributed by atoms with Crippen molar-refractivity contribution in [3.05, 3.63) is 55.6 Å². The average molecular weight is 277 g/mol. The van der Waals surface area contributed by atoms with Gasteiger partial charge in [0.05, 0.1) is 19.5 Å². The van der Waals surface area contributed by atoms with Crippen molar-refractivity contribution in [1.29, 1.82) is 0 Å². The van der Waals surface area contributed by atoms with E-state index in [1.165, 1.54) is 0 Å². The van der Waals surface area contributed by atoms with Gasteiger partial charge >= 0.3 is 0 Å². The summed E-state index contributed by atoms with van der Waals surface area (Å²) in [5.74, 6) is 0. The van der Waals surface area contributed by atoms with E-state index >= 15 is 0 Å². The molecule has 2 unspecified atom stereocenters. The van der Waals surface area contributed by atoms with E-state index in [1.807, 2.05) is 0 Å². The molecule has 2 aliphatic rings. The summed E-state index contributed by atoms with van der Waals surface area (Å²) in [7, 11) is 1.71. The maximum absolute atomic E-state index is 11.7. The van der Waals surface area contributed by atoms with Crippen LogP contribution in [0.4, 0.5) is 0 Å². The second-order valence-electron chi connectivity index (χ2n) is 5.95. The first-order valence-corrected chi connectivity index (χ1v) is 6.46. The summed E-state index contributed by atoms with van der Waals surface area (Å²) in [6.07, 6.45) is 0.234. The zero-order valence-electron chi connectivity index (χ0n) is 11.1. The molecule has 1 fully saturated rings. The highest BCUT2D eigenvalue weighted by Crippen LogP contribution is 2.47. The van der Waals surface area contributed by atoms with E-state index in [4.69, 9.17) is 0 Å². The van der Waals surface area contributed by atoms with Gasteiger partial charge in [0.1, 0.15) is 0 Å². The molecule has 7 heteroatoms. The van der Waals surface area contributed by atoms with Gasteiger partial charge in [0.2, 0.25) is 5.54 Å². The van der Waals surface area contributed by atoms with Crippen molar-refractivity contribution in [1.82, 2.24) is 4.90 Å². The van der Waals surface area contributed by atoms with Gasteiger partial charge in [0.25, 0.3) is 5.54 Å². The Morgan fingerprint density at radius 2 is 1.85 bits per heavy atom. The number of nitrogens with zero attached hydrogens (tertiary/aromatic N) is 3. The maximum atomic E-state index is 11.7. The molecular formula is C13H15N3O4. The quantitative estimate of drug-likeness (QED) is 0.595. The fraction of sp³-hybridized carbons (Fsp3) is 0.538. The van der Waals surface area contributed by atoms with Crippen molar-refractivity contribution in [3.63, 3.8) is 0 Å². The van der Waals surface area contributed by atoms with Crippen LogP contribution in [0.15, 0.2) is 24.3 Å². The standard InChI is InChI=1S/C13H15N3O4/c1-14-8-12(15(17)18)6-10-4-2-3-5-11(10)13(7-12,9-14)16(19)20/h2-5H,6-9H2,1H3. The molecule has 0 amide bonds. The SMILES string of the molecule is CN1CC2([N+](=O)[O-])Cc3ccccc3C([N+](=O)[O-])(C1)C2. The van der Waals surface area contributed by atoms with E-state index in [-0.39, 0.29) is 35.8 Å². The molecule has 0 N–H and O–H groups in total. The lowest BCUT2D eigenvalue weighted by molar-refractivity contribution is -0.634. The molecule has 1 aliphatic heterocycles. The van der Waals surface area contributed by atoms with E-state index in [9.17, 15) is 20.2 Å². The van der Waals surface area contributed by atoms with Crippen LogP contribution in [0.2, 0.25) is 0 Å². The normalized spacial score (nSPS) is 32.5. The van der Waals surface area contributed by atoms with Crippen LogP contribution in [0.1, 0.15) is 17.5 Å². The van der Waals surface area contributed by atoms with Gasteiger partial charge < -0.3 is 0 Å². The fourth-order valence-electron chi connectivity index (χ4n) is 3.85. The first-order valence-electron chi connectivity index (χ1n) is 6.46. The molecule has 7 nitrogen and oxygen atoms in total. The zero-order valence-corrected chi connectivity index (χ0v) is 11.1. The monoisotopic (exact) mass is 277 g/mol. The van der Waals surface area contributed by atoms with Crippen molar-refractivity contribution in [2.45, 2.75) is 23.9 Å². The van der Waals surface area contributed by atoms with Crippen LogP contribution >= 0.6 is 0 Å². The molecule has 0 spiro atoms.